The lowest BCUT2D eigenvalue weighted by atomic mass is 9.95. The molecule has 0 radical (unpaired) electrons. The van der Waals surface area contributed by atoms with E-state index in [1.807, 2.05) is 13.8 Å². The van der Waals surface area contributed by atoms with Crippen molar-refractivity contribution in [2.75, 3.05) is 5.32 Å². The van der Waals surface area contributed by atoms with Gasteiger partial charge in [-0.2, -0.15) is 0 Å². The molecule has 5 nitrogen and oxygen atoms in total. The second-order valence-corrected chi connectivity index (χ2v) is 6.05. The molecule has 0 aromatic carbocycles. The average molecular weight is 282 g/mol. The van der Waals surface area contributed by atoms with Crippen LogP contribution in [0, 0.1) is 18.8 Å². The fourth-order valence-electron chi connectivity index (χ4n) is 2.58. The van der Waals surface area contributed by atoms with Gasteiger partial charge in [-0.25, -0.2) is 4.98 Å². The Morgan fingerprint density at radius 2 is 2.11 bits per heavy atom. The maximum absolute atomic E-state index is 12.1. The molecule has 0 saturated heterocycles. The SMILES string of the molecule is CCc1nc(NC(=O)[C@@H]2CCC[C@@H]2C(=O)O)sc1C. The minimum atomic E-state index is -0.873. The molecular weight excluding hydrogens is 264 g/mol. The van der Waals surface area contributed by atoms with Crippen LogP contribution in [0.4, 0.5) is 5.13 Å². The molecular formula is C13H18N2O3S. The summed E-state index contributed by atoms with van der Waals surface area (Å²) in [6.45, 7) is 3.99. The topological polar surface area (TPSA) is 79.3 Å². The lowest BCUT2D eigenvalue weighted by Crippen LogP contribution is -2.29. The summed E-state index contributed by atoms with van der Waals surface area (Å²) in [6, 6.07) is 0. The van der Waals surface area contributed by atoms with Gasteiger partial charge in [-0.1, -0.05) is 13.3 Å². The zero-order valence-electron chi connectivity index (χ0n) is 11.1. The highest BCUT2D eigenvalue weighted by atomic mass is 32.1. The van der Waals surface area contributed by atoms with Gasteiger partial charge in [-0.05, 0) is 26.2 Å². The number of carboxylic acid groups (broad SMARTS) is 1. The van der Waals surface area contributed by atoms with E-state index in [0.717, 1.165) is 23.4 Å². The number of carbonyl (C=O) groups excluding carboxylic acids is 1. The number of aryl methyl sites for hydroxylation is 2. The minimum Gasteiger partial charge on any atom is -0.481 e. The Kier molecular flexibility index (Phi) is 4.19. The highest BCUT2D eigenvalue weighted by molar-refractivity contribution is 7.15. The monoisotopic (exact) mass is 282 g/mol. The summed E-state index contributed by atoms with van der Waals surface area (Å²) in [6.07, 6.45) is 2.86. The van der Waals surface area contributed by atoms with Crippen LogP contribution in [0.2, 0.25) is 0 Å². The molecule has 2 rings (SSSR count). The Bertz CT molecular complexity index is 498. The molecule has 0 bridgehead atoms. The highest BCUT2D eigenvalue weighted by Crippen LogP contribution is 2.33. The predicted molar refractivity (Wildman–Crippen MR) is 73.3 cm³/mol. The number of nitrogens with zero attached hydrogens (tertiary/aromatic N) is 1. The second kappa shape index (κ2) is 5.69. The van der Waals surface area contributed by atoms with Crippen molar-refractivity contribution in [1.82, 2.24) is 4.98 Å². The lowest BCUT2D eigenvalue weighted by Gasteiger charge is -2.14. The number of carboxylic acids is 1. The smallest absolute Gasteiger partial charge is 0.307 e. The van der Waals surface area contributed by atoms with Gasteiger partial charge in [0, 0.05) is 4.88 Å². The van der Waals surface area contributed by atoms with Crippen molar-refractivity contribution < 1.29 is 14.7 Å². The van der Waals surface area contributed by atoms with Crippen LogP contribution in [0.5, 0.6) is 0 Å². The maximum Gasteiger partial charge on any atom is 0.307 e. The number of aliphatic carboxylic acids is 1. The number of anilines is 1. The van der Waals surface area contributed by atoms with E-state index in [-0.39, 0.29) is 5.91 Å². The van der Waals surface area contributed by atoms with Crippen molar-refractivity contribution in [3.8, 4) is 0 Å². The number of carbonyl (C=O) groups is 2. The largest absolute Gasteiger partial charge is 0.481 e. The first-order valence-electron chi connectivity index (χ1n) is 6.53. The van der Waals surface area contributed by atoms with Crippen molar-refractivity contribution in [3.63, 3.8) is 0 Å². The minimum absolute atomic E-state index is 0.207. The van der Waals surface area contributed by atoms with Gasteiger partial charge in [0.25, 0.3) is 0 Å². The molecule has 19 heavy (non-hydrogen) atoms. The fourth-order valence-corrected chi connectivity index (χ4v) is 3.48. The number of amides is 1. The van der Waals surface area contributed by atoms with Gasteiger partial charge in [-0.15, -0.1) is 11.3 Å². The third-order valence-corrected chi connectivity index (χ3v) is 4.56. The van der Waals surface area contributed by atoms with Crippen LogP contribution in [0.25, 0.3) is 0 Å². The summed E-state index contributed by atoms with van der Waals surface area (Å²) < 4.78 is 0. The molecule has 1 fully saturated rings. The summed E-state index contributed by atoms with van der Waals surface area (Å²) in [5.41, 5.74) is 0.988. The fraction of sp³-hybridized carbons (Fsp3) is 0.615. The summed E-state index contributed by atoms with van der Waals surface area (Å²) >= 11 is 1.45. The van der Waals surface area contributed by atoms with E-state index in [2.05, 4.69) is 10.3 Å². The van der Waals surface area contributed by atoms with Gasteiger partial charge in [0.1, 0.15) is 0 Å². The van der Waals surface area contributed by atoms with Crippen molar-refractivity contribution in [3.05, 3.63) is 10.6 Å². The number of thiazole rings is 1. The number of nitrogens with one attached hydrogen (secondary N) is 1. The Hall–Kier alpha value is -1.43. The first-order chi connectivity index (χ1) is 9.02. The quantitative estimate of drug-likeness (QED) is 0.889. The van der Waals surface area contributed by atoms with Crippen molar-refractivity contribution in [2.24, 2.45) is 11.8 Å². The summed E-state index contributed by atoms with van der Waals surface area (Å²) in [7, 11) is 0. The Labute approximate surface area is 116 Å². The summed E-state index contributed by atoms with van der Waals surface area (Å²) in [5, 5.41) is 12.4. The van der Waals surface area contributed by atoms with Crippen LogP contribution in [0.3, 0.4) is 0 Å². The standard InChI is InChI=1S/C13H18N2O3S/c1-3-10-7(2)19-13(14-10)15-11(16)8-5-4-6-9(8)12(17)18/h8-9H,3-6H2,1-2H3,(H,17,18)(H,14,15,16)/t8-,9+/m1/s1. The third kappa shape index (κ3) is 2.94. The molecule has 1 aromatic rings. The summed E-state index contributed by atoms with van der Waals surface area (Å²) in [4.78, 5) is 28.7. The van der Waals surface area contributed by atoms with E-state index in [9.17, 15) is 9.59 Å². The predicted octanol–water partition coefficient (Wildman–Crippen LogP) is 2.45. The van der Waals surface area contributed by atoms with Crippen molar-refractivity contribution in [1.29, 1.82) is 0 Å². The van der Waals surface area contributed by atoms with Crippen LogP contribution in [0.15, 0.2) is 0 Å². The molecule has 0 aliphatic heterocycles. The number of hydrogen-bond donors (Lipinski definition) is 2. The van der Waals surface area contributed by atoms with Gasteiger partial charge in [0.15, 0.2) is 5.13 Å². The van der Waals surface area contributed by atoms with E-state index in [1.54, 1.807) is 0 Å². The number of aromatic nitrogens is 1. The number of rotatable bonds is 4. The maximum atomic E-state index is 12.1. The Morgan fingerprint density at radius 3 is 2.68 bits per heavy atom. The molecule has 0 unspecified atom stereocenters. The highest BCUT2D eigenvalue weighted by Gasteiger charge is 2.37. The van der Waals surface area contributed by atoms with Gasteiger partial charge >= 0.3 is 5.97 Å². The molecule has 0 spiro atoms. The van der Waals surface area contributed by atoms with Gasteiger partial charge < -0.3 is 10.4 Å². The first kappa shape index (κ1) is 14.0. The second-order valence-electron chi connectivity index (χ2n) is 4.85. The molecule has 6 heteroatoms. The van der Waals surface area contributed by atoms with Crippen LogP contribution in [-0.2, 0) is 16.0 Å². The zero-order chi connectivity index (χ0) is 14.0. The van der Waals surface area contributed by atoms with Crippen LogP contribution in [-0.4, -0.2) is 22.0 Å². The molecule has 1 aliphatic carbocycles. The average Bonchev–Trinajstić information content (AvgIpc) is 2.95. The van der Waals surface area contributed by atoms with E-state index in [0.29, 0.717) is 18.0 Å². The first-order valence-corrected chi connectivity index (χ1v) is 7.34. The molecule has 104 valence electrons. The van der Waals surface area contributed by atoms with Crippen LogP contribution >= 0.6 is 11.3 Å². The third-order valence-electron chi connectivity index (χ3n) is 3.63. The van der Waals surface area contributed by atoms with Crippen molar-refractivity contribution in [2.45, 2.75) is 39.5 Å². The van der Waals surface area contributed by atoms with Crippen molar-refractivity contribution >= 4 is 28.3 Å². The molecule has 1 aromatic heterocycles. The zero-order valence-corrected chi connectivity index (χ0v) is 11.9. The van der Waals surface area contributed by atoms with Gasteiger partial charge in [-0.3, -0.25) is 9.59 Å². The summed E-state index contributed by atoms with van der Waals surface area (Å²) in [5.74, 6) is -2.05. The Morgan fingerprint density at radius 1 is 1.42 bits per heavy atom. The van der Waals surface area contributed by atoms with E-state index < -0.39 is 17.8 Å². The van der Waals surface area contributed by atoms with Crippen LogP contribution < -0.4 is 5.32 Å². The van der Waals surface area contributed by atoms with Crippen LogP contribution in [0.1, 0.15) is 36.8 Å². The Balaban J connectivity index is 2.06. The van der Waals surface area contributed by atoms with Gasteiger partial charge in [0.2, 0.25) is 5.91 Å². The van der Waals surface area contributed by atoms with E-state index in [4.69, 9.17) is 5.11 Å². The molecule has 1 heterocycles. The van der Waals surface area contributed by atoms with E-state index >= 15 is 0 Å². The number of hydrogen-bond acceptors (Lipinski definition) is 4. The molecule has 2 N–H and O–H groups in total. The molecule has 1 saturated carbocycles. The van der Waals surface area contributed by atoms with Gasteiger partial charge in [0.05, 0.1) is 17.5 Å². The molecule has 2 atom stereocenters. The molecule has 1 amide bonds. The molecule has 1 aliphatic rings. The lowest BCUT2D eigenvalue weighted by molar-refractivity contribution is -0.145. The van der Waals surface area contributed by atoms with E-state index in [1.165, 1.54) is 11.3 Å². The normalized spacial score (nSPS) is 22.4.